The maximum Gasteiger partial charge on any atom is 0.165 e. The van der Waals surface area contributed by atoms with Crippen molar-refractivity contribution in [3.63, 3.8) is 0 Å². The molecule has 1 aromatic rings. The first-order chi connectivity index (χ1) is 16.1. The molecule has 0 bridgehead atoms. The summed E-state index contributed by atoms with van der Waals surface area (Å²) in [5.41, 5.74) is 2.53. The first-order valence-electron chi connectivity index (χ1n) is 14.1. The van der Waals surface area contributed by atoms with Crippen LogP contribution in [0.15, 0.2) is 12.1 Å². The van der Waals surface area contributed by atoms with Crippen LogP contribution in [0.25, 0.3) is 0 Å². The quantitative estimate of drug-likeness (QED) is 0.161. The van der Waals surface area contributed by atoms with Crippen LogP contribution in [-0.2, 0) is 13.0 Å². The minimum Gasteiger partial charge on any atom is -0.493 e. The van der Waals surface area contributed by atoms with Crippen molar-refractivity contribution in [3.8, 4) is 11.5 Å². The first-order valence-corrected chi connectivity index (χ1v) is 14.1. The molecular weight excluding hydrogens is 406 g/mol. The van der Waals surface area contributed by atoms with Crippen LogP contribution in [-0.4, -0.2) is 32.7 Å². The number of hydrogen-bond acceptors (Lipinski definition) is 3. The fraction of sp³-hybridized carbons (Fsp3) is 0.800. The molecule has 33 heavy (non-hydrogen) atoms. The van der Waals surface area contributed by atoms with Crippen molar-refractivity contribution in [1.82, 2.24) is 4.90 Å². The summed E-state index contributed by atoms with van der Waals surface area (Å²) in [5.74, 6) is 1.81. The molecule has 0 fully saturated rings. The Morgan fingerprint density at radius 1 is 0.667 bits per heavy atom. The summed E-state index contributed by atoms with van der Waals surface area (Å²) in [6, 6.07) is 4.40. The molecule has 0 unspecified atom stereocenters. The molecular formula is C30H55NO2. The van der Waals surface area contributed by atoms with Gasteiger partial charge >= 0.3 is 0 Å². The molecule has 1 aromatic carbocycles. The van der Waals surface area contributed by atoms with Crippen molar-refractivity contribution >= 4 is 0 Å². The van der Waals surface area contributed by atoms with E-state index in [0.29, 0.717) is 0 Å². The van der Waals surface area contributed by atoms with Crippen molar-refractivity contribution in [1.29, 1.82) is 0 Å². The zero-order valence-electron chi connectivity index (χ0n) is 22.9. The van der Waals surface area contributed by atoms with Gasteiger partial charge in [-0.25, -0.2) is 0 Å². The van der Waals surface area contributed by atoms with Gasteiger partial charge in [0.2, 0.25) is 0 Å². The molecule has 0 radical (unpaired) electrons. The van der Waals surface area contributed by atoms with Gasteiger partial charge in [0.05, 0.1) is 13.7 Å². The van der Waals surface area contributed by atoms with Gasteiger partial charge < -0.3 is 14.4 Å². The van der Waals surface area contributed by atoms with Gasteiger partial charge in [-0.05, 0) is 38.6 Å². The lowest BCUT2D eigenvalue weighted by Gasteiger charge is -2.19. The lowest BCUT2D eigenvalue weighted by atomic mass is 10.0. The van der Waals surface area contributed by atoms with Crippen LogP contribution in [0.2, 0.25) is 0 Å². The highest BCUT2D eigenvalue weighted by Gasteiger charge is 2.13. The van der Waals surface area contributed by atoms with Gasteiger partial charge in [0.25, 0.3) is 0 Å². The number of ether oxygens (including phenoxy) is 2. The highest BCUT2D eigenvalue weighted by Crippen LogP contribution is 2.34. The Hall–Kier alpha value is -1.22. The number of unbranched alkanes of at least 4 members (excludes halogenated alkanes) is 15. The van der Waals surface area contributed by atoms with Gasteiger partial charge in [0.1, 0.15) is 0 Å². The van der Waals surface area contributed by atoms with E-state index in [1.165, 1.54) is 107 Å². The molecule has 0 saturated carbocycles. The highest BCUT2D eigenvalue weighted by atomic mass is 16.5. The fourth-order valence-electron chi connectivity index (χ4n) is 4.53. The number of aryl methyl sites for hydroxylation is 1. The van der Waals surface area contributed by atoms with E-state index in [4.69, 9.17) is 9.47 Å². The maximum atomic E-state index is 6.23. The van der Waals surface area contributed by atoms with Crippen LogP contribution in [0.4, 0.5) is 0 Å². The molecule has 3 heteroatoms. The normalized spacial score (nSPS) is 11.3. The highest BCUT2D eigenvalue weighted by molar-refractivity contribution is 5.49. The van der Waals surface area contributed by atoms with Crippen LogP contribution in [0.5, 0.6) is 11.5 Å². The summed E-state index contributed by atoms with van der Waals surface area (Å²) in [4.78, 5) is 2.19. The summed E-state index contributed by atoms with van der Waals surface area (Å²) in [5, 5.41) is 0. The zero-order chi connectivity index (χ0) is 24.2. The summed E-state index contributed by atoms with van der Waals surface area (Å²) in [6.45, 7) is 6.13. The fourth-order valence-corrected chi connectivity index (χ4v) is 4.53. The number of benzene rings is 1. The molecule has 0 saturated heterocycles. The number of methoxy groups -OCH3 is 1. The maximum absolute atomic E-state index is 6.23. The number of rotatable bonds is 22. The molecule has 0 amide bonds. The Morgan fingerprint density at radius 3 is 1.58 bits per heavy atom. The molecule has 0 heterocycles. The van der Waals surface area contributed by atoms with E-state index in [-0.39, 0.29) is 0 Å². The van der Waals surface area contributed by atoms with Crippen molar-refractivity contribution in [3.05, 3.63) is 23.3 Å². The van der Waals surface area contributed by atoms with Gasteiger partial charge in [0.15, 0.2) is 11.5 Å². The van der Waals surface area contributed by atoms with Gasteiger partial charge in [-0.1, -0.05) is 116 Å². The van der Waals surface area contributed by atoms with Crippen LogP contribution in [0.3, 0.4) is 0 Å². The molecule has 0 aliphatic rings. The average Bonchev–Trinajstić information content (AvgIpc) is 2.81. The third-order valence-corrected chi connectivity index (χ3v) is 6.55. The second kappa shape index (κ2) is 20.2. The van der Waals surface area contributed by atoms with Crippen LogP contribution < -0.4 is 9.47 Å². The molecule has 192 valence electrons. The predicted octanol–water partition coefficient (Wildman–Crippen LogP) is 8.96. The Morgan fingerprint density at radius 2 is 1.15 bits per heavy atom. The standard InChI is InChI=1S/C30H55NO2/c1-6-8-9-10-11-12-13-14-15-16-17-18-19-20-21-22-23-33-30-28(26-31(3)4)24-27(7-2)25-29(30)32-5/h24-25H,6-23,26H2,1-5H3. The van der Waals surface area contributed by atoms with E-state index in [2.05, 4.69) is 45.0 Å². The molecule has 0 aliphatic heterocycles. The SMILES string of the molecule is CCCCCCCCCCCCCCCCCCOc1c(CN(C)C)cc(CC)cc1OC. The topological polar surface area (TPSA) is 21.7 Å². The Balaban J connectivity index is 2.08. The van der Waals surface area contributed by atoms with E-state index in [0.717, 1.165) is 37.5 Å². The average molecular weight is 462 g/mol. The number of hydrogen-bond donors (Lipinski definition) is 0. The van der Waals surface area contributed by atoms with Crippen molar-refractivity contribution < 1.29 is 9.47 Å². The van der Waals surface area contributed by atoms with Crippen molar-refractivity contribution in [2.45, 2.75) is 130 Å². The van der Waals surface area contributed by atoms with Gasteiger partial charge in [-0.15, -0.1) is 0 Å². The van der Waals surface area contributed by atoms with E-state index in [1.807, 2.05) is 0 Å². The largest absolute Gasteiger partial charge is 0.493 e. The number of nitrogens with zero attached hydrogens (tertiary/aromatic N) is 1. The molecule has 0 spiro atoms. The van der Waals surface area contributed by atoms with Gasteiger partial charge in [0, 0.05) is 12.1 Å². The van der Waals surface area contributed by atoms with E-state index < -0.39 is 0 Å². The van der Waals surface area contributed by atoms with E-state index in [1.54, 1.807) is 7.11 Å². The summed E-state index contributed by atoms with van der Waals surface area (Å²) in [7, 11) is 5.95. The zero-order valence-corrected chi connectivity index (χ0v) is 22.9. The minimum atomic E-state index is 0.778. The lowest BCUT2D eigenvalue weighted by Crippen LogP contribution is -2.13. The van der Waals surface area contributed by atoms with Crippen LogP contribution >= 0.6 is 0 Å². The summed E-state index contributed by atoms with van der Waals surface area (Å²) in [6.07, 6.45) is 23.3. The van der Waals surface area contributed by atoms with Crippen LogP contribution in [0.1, 0.15) is 128 Å². The van der Waals surface area contributed by atoms with Gasteiger partial charge in [-0.3, -0.25) is 0 Å². The monoisotopic (exact) mass is 461 g/mol. The van der Waals surface area contributed by atoms with Crippen LogP contribution in [0, 0.1) is 0 Å². The third-order valence-electron chi connectivity index (χ3n) is 6.55. The minimum absolute atomic E-state index is 0.778. The Bertz CT molecular complexity index is 585. The molecule has 0 N–H and O–H groups in total. The Labute approximate surface area is 206 Å². The molecule has 0 aliphatic carbocycles. The predicted molar refractivity (Wildman–Crippen MR) is 145 cm³/mol. The Kier molecular flexibility index (Phi) is 18.2. The molecule has 3 nitrogen and oxygen atoms in total. The lowest BCUT2D eigenvalue weighted by molar-refractivity contribution is 0.276. The second-order valence-electron chi connectivity index (χ2n) is 10.0. The van der Waals surface area contributed by atoms with Crippen molar-refractivity contribution in [2.75, 3.05) is 27.8 Å². The third kappa shape index (κ3) is 14.6. The molecule has 1 rings (SSSR count). The first kappa shape index (κ1) is 29.8. The second-order valence-corrected chi connectivity index (χ2v) is 10.0. The van der Waals surface area contributed by atoms with Gasteiger partial charge in [-0.2, -0.15) is 0 Å². The molecule has 0 atom stereocenters. The summed E-state index contributed by atoms with van der Waals surface area (Å²) < 4.78 is 11.9. The molecule has 0 aromatic heterocycles. The van der Waals surface area contributed by atoms with E-state index in [9.17, 15) is 0 Å². The summed E-state index contributed by atoms with van der Waals surface area (Å²) >= 11 is 0. The smallest absolute Gasteiger partial charge is 0.165 e. The van der Waals surface area contributed by atoms with Crippen molar-refractivity contribution in [2.24, 2.45) is 0 Å². The van der Waals surface area contributed by atoms with E-state index >= 15 is 0 Å².